The van der Waals surface area contributed by atoms with E-state index in [2.05, 4.69) is 15.3 Å². The van der Waals surface area contributed by atoms with Gasteiger partial charge in [0.25, 0.3) is 0 Å². The van der Waals surface area contributed by atoms with E-state index in [1.807, 2.05) is 91.0 Å². The summed E-state index contributed by atoms with van der Waals surface area (Å²) in [5.74, 6) is -0.263. The molecule has 7 nitrogen and oxygen atoms in total. The van der Waals surface area contributed by atoms with Crippen LogP contribution in [0, 0.1) is 0 Å². The summed E-state index contributed by atoms with van der Waals surface area (Å²) < 4.78 is 2.58. The van der Waals surface area contributed by atoms with E-state index in [1.165, 1.54) is 10.9 Å². The molecule has 0 saturated heterocycles. The molecule has 0 saturated carbocycles. The number of hydrogen-bond acceptors (Lipinski definition) is 4. The van der Waals surface area contributed by atoms with Crippen LogP contribution in [-0.4, -0.2) is 33.3 Å². The minimum atomic E-state index is -0.350. The predicted molar refractivity (Wildman–Crippen MR) is 121 cm³/mol. The Morgan fingerprint density at radius 1 is 0.839 bits per heavy atom. The molecule has 0 fully saturated rings. The lowest BCUT2D eigenvalue weighted by molar-refractivity contribution is -0.121. The molecular weight excluding hydrogens is 390 g/mol. The van der Waals surface area contributed by atoms with Gasteiger partial charge in [0, 0.05) is 24.5 Å². The average molecular weight is 413 g/mol. The fourth-order valence-electron chi connectivity index (χ4n) is 3.33. The molecule has 31 heavy (non-hydrogen) atoms. The molecule has 0 spiro atoms. The van der Waals surface area contributed by atoms with Gasteiger partial charge in [-0.2, -0.15) is 5.10 Å². The van der Waals surface area contributed by atoms with Crippen LogP contribution in [0.4, 0.5) is 11.4 Å². The van der Waals surface area contributed by atoms with E-state index in [0.29, 0.717) is 18.8 Å². The monoisotopic (exact) mass is 413 g/mol. The van der Waals surface area contributed by atoms with Gasteiger partial charge in [-0.25, -0.2) is 14.0 Å². The number of nitrogens with one attached hydrogen (secondary N) is 1. The Morgan fingerprint density at radius 2 is 1.39 bits per heavy atom. The Hall–Kier alpha value is -4.13. The summed E-state index contributed by atoms with van der Waals surface area (Å²) in [4.78, 5) is 27.1. The van der Waals surface area contributed by atoms with E-state index in [0.717, 1.165) is 16.1 Å². The molecule has 7 heteroatoms. The molecule has 3 aromatic carbocycles. The van der Waals surface area contributed by atoms with Gasteiger partial charge in [0.05, 0.1) is 5.69 Å². The largest absolute Gasteiger partial charge is 0.353 e. The molecule has 0 atom stereocenters. The van der Waals surface area contributed by atoms with Crippen molar-refractivity contribution in [3.05, 3.63) is 108 Å². The summed E-state index contributed by atoms with van der Waals surface area (Å²) in [5, 5.41) is 6.95. The maximum Gasteiger partial charge on any atom is 0.350 e. The van der Waals surface area contributed by atoms with Crippen molar-refractivity contribution in [1.29, 1.82) is 0 Å². The number of rotatable bonds is 8. The van der Waals surface area contributed by atoms with Gasteiger partial charge >= 0.3 is 5.69 Å². The van der Waals surface area contributed by atoms with Crippen molar-refractivity contribution in [1.82, 2.24) is 19.7 Å². The lowest BCUT2D eigenvalue weighted by atomic mass is 10.2. The van der Waals surface area contributed by atoms with Crippen LogP contribution in [0.1, 0.15) is 0 Å². The Balaban J connectivity index is 1.38. The second-order valence-electron chi connectivity index (χ2n) is 6.95. The van der Waals surface area contributed by atoms with Crippen molar-refractivity contribution in [2.45, 2.75) is 6.54 Å². The van der Waals surface area contributed by atoms with Gasteiger partial charge in [-0.05, 0) is 36.4 Å². The molecule has 4 rings (SSSR count). The highest BCUT2D eigenvalue weighted by Gasteiger charge is 2.12. The highest BCUT2D eigenvalue weighted by molar-refractivity contribution is 5.75. The Labute approximate surface area is 180 Å². The van der Waals surface area contributed by atoms with E-state index in [4.69, 9.17) is 0 Å². The fourth-order valence-corrected chi connectivity index (χ4v) is 3.33. The lowest BCUT2D eigenvalue weighted by Crippen LogP contribution is -2.37. The molecule has 0 aliphatic carbocycles. The first-order chi connectivity index (χ1) is 15.2. The summed E-state index contributed by atoms with van der Waals surface area (Å²) in [6.45, 7) is 0.888. The number of anilines is 2. The van der Waals surface area contributed by atoms with Crippen LogP contribution < -0.4 is 15.9 Å². The highest BCUT2D eigenvalue weighted by atomic mass is 16.2. The van der Waals surface area contributed by atoms with E-state index >= 15 is 0 Å². The van der Waals surface area contributed by atoms with Crippen molar-refractivity contribution in [2.24, 2.45) is 0 Å². The zero-order valence-corrected chi connectivity index (χ0v) is 17.0. The van der Waals surface area contributed by atoms with Gasteiger partial charge in [-0.15, -0.1) is 0 Å². The number of aromatic nitrogens is 3. The first-order valence-electron chi connectivity index (χ1n) is 10.1. The zero-order chi connectivity index (χ0) is 21.5. The summed E-state index contributed by atoms with van der Waals surface area (Å²) in [5.41, 5.74) is 2.44. The van der Waals surface area contributed by atoms with E-state index in [-0.39, 0.29) is 18.1 Å². The normalized spacial score (nSPS) is 10.6. The van der Waals surface area contributed by atoms with Gasteiger partial charge in [-0.3, -0.25) is 4.79 Å². The first kappa shape index (κ1) is 20.2. The number of carbonyl (C=O) groups is 1. The van der Waals surface area contributed by atoms with Gasteiger partial charge in [0.2, 0.25) is 5.91 Å². The van der Waals surface area contributed by atoms with Crippen LogP contribution in [0.5, 0.6) is 0 Å². The van der Waals surface area contributed by atoms with Crippen LogP contribution in [0.3, 0.4) is 0 Å². The zero-order valence-electron chi connectivity index (χ0n) is 17.0. The SMILES string of the molecule is O=C(Cn1ncn(-c2ccccc2)c1=O)NCCN(c1ccccc1)c1ccccc1. The molecule has 1 aromatic heterocycles. The number of amides is 1. The van der Waals surface area contributed by atoms with Crippen molar-refractivity contribution in [3.63, 3.8) is 0 Å². The average Bonchev–Trinajstić information content (AvgIpc) is 3.18. The molecule has 1 N–H and O–H groups in total. The van der Waals surface area contributed by atoms with Gasteiger partial charge in [-0.1, -0.05) is 54.6 Å². The molecule has 156 valence electrons. The Kier molecular flexibility index (Phi) is 6.23. The molecular formula is C24H23N5O2. The maximum absolute atomic E-state index is 12.5. The number of para-hydroxylation sites is 3. The smallest absolute Gasteiger partial charge is 0.350 e. The molecule has 0 aliphatic heterocycles. The Bertz CT molecular complexity index is 1130. The third kappa shape index (κ3) is 4.90. The van der Waals surface area contributed by atoms with Crippen molar-refractivity contribution in [3.8, 4) is 5.69 Å². The lowest BCUT2D eigenvalue weighted by Gasteiger charge is -2.25. The third-order valence-corrected chi connectivity index (χ3v) is 4.85. The molecule has 0 aliphatic rings. The van der Waals surface area contributed by atoms with E-state index < -0.39 is 0 Å². The van der Waals surface area contributed by atoms with Gasteiger partial charge in [0.15, 0.2) is 0 Å². The fraction of sp³-hybridized carbons (Fsp3) is 0.125. The topological polar surface area (TPSA) is 72.2 Å². The second-order valence-corrected chi connectivity index (χ2v) is 6.95. The van der Waals surface area contributed by atoms with E-state index in [1.54, 1.807) is 0 Å². The number of hydrogen-bond donors (Lipinski definition) is 1. The van der Waals surface area contributed by atoms with Crippen LogP contribution in [0.25, 0.3) is 5.69 Å². The quantitative estimate of drug-likeness (QED) is 0.482. The van der Waals surface area contributed by atoms with Crippen molar-refractivity contribution < 1.29 is 4.79 Å². The second kappa shape index (κ2) is 9.58. The van der Waals surface area contributed by atoms with Crippen molar-refractivity contribution >= 4 is 17.3 Å². The van der Waals surface area contributed by atoms with Crippen molar-refractivity contribution in [2.75, 3.05) is 18.0 Å². The third-order valence-electron chi connectivity index (χ3n) is 4.85. The van der Waals surface area contributed by atoms with Gasteiger partial charge < -0.3 is 10.2 Å². The van der Waals surface area contributed by atoms with Crippen LogP contribution >= 0.6 is 0 Å². The van der Waals surface area contributed by atoms with E-state index in [9.17, 15) is 9.59 Å². The molecule has 0 unspecified atom stereocenters. The standard InChI is InChI=1S/C24H23N5O2/c30-23(18-29-24(31)28(19-26-29)22-14-8-3-9-15-22)25-16-17-27(20-10-4-1-5-11-20)21-12-6-2-7-13-21/h1-15,19H,16-18H2,(H,25,30). The summed E-state index contributed by atoms with van der Waals surface area (Å²) in [7, 11) is 0. The highest BCUT2D eigenvalue weighted by Crippen LogP contribution is 2.24. The molecule has 0 radical (unpaired) electrons. The maximum atomic E-state index is 12.5. The summed E-state index contributed by atoms with van der Waals surface area (Å²) in [6.07, 6.45) is 1.43. The van der Waals surface area contributed by atoms with Crippen LogP contribution in [-0.2, 0) is 11.3 Å². The summed E-state index contributed by atoms with van der Waals surface area (Å²) >= 11 is 0. The first-order valence-corrected chi connectivity index (χ1v) is 10.1. The molecule has 1 amide bonds. The summed E-state index contributed by atoms with van der Waals surface area (Å²) in [6, 6.07) is 29.2. The minimum Gasteiger partial charge on any atom is -0.353 e. The van der Waals surface area contributed by atoms with Crippen LogP contribution in [0.2, 0.25) is 0 Å². The molecule has 1 heterocycles. The Morgan fingerprint density at radius 3 is 1.97 bits per heavy atom. The molecule has 0 bridgehead atoms. The number of nitrogens with zero attached hydrogens (tertiary/aromatic N) is 4. The number of benzene rings is 3. The van der Waals surface area contributed by atoms with Gasteiger partial charge in [0.1, 0.15) is 12.9 Å². The van der Waals surface area contributed by atoms with Crippen LogP contribution in [0.15, 0.2) is 102 Å². The minimum absolute atomic E-state index is 0.130. The molecule has 4 aromatic rings. The predicted octanol–water partition coefficient (Wildman–Crippen LogP) is 2.99. The number of carbonyl (C=O) groups excluding carboxylic acids is 1.